The standard InChI is InChI=1S/C14H13NO3.ClH/c16-13-6-5-10(9-3-1-2-4-11(9)13)12-7-8-18-14(17)15-12;/h1-6,12,16H,7-8H2,(H,15,17);1H/t12-;/m0./s1. The number of ether oxygens (including phenoxy) is 1. The number of rotatable bonds is 1. The van der Waals surface area contributed by atoms with Crippen molar-refractivity contribution in [1.82, 2.24) is 5.32 Å². The molecule has 1 saturated heterocycles. The van der Waals surface area contributed by atoms with Gasteiger partial charge in [0.1, 0.15) is 5.75 Å². The normalized spacial score (nSPS) is 18.3. The van der Waals surface area contributed by atoms with E-state index in [2.05, 4.69) is 5.32 Å². The van der Waals surface area contributed by atoms with E-state index in [9.17, 15) is 9.90 Å². The fourth-order valence-corrected chi connectivity index (χ4v) is 2.37. The number of cyclic esters (lactones) is 1. The quantitative estimate of drug-likeness (QED) is 0.843. The van der Waals surface area contributed by atoms with Gasteiger partial charge in [0, 0.05) is 11.8 Å². The molecule has 2 aromatic carbocycles. The van der Waals surface area contributed by atoms with Gasteiger partial charge in [0.25, 0.3) is 0 Å². The molecule has 0 saturated carbocycles. The Morgan fingerprint density at radius 2 is 1.89 bits per heavy atom. The van der Waals surface area contributed by atoms with E-state index in [4.69, 9.17) is 4.74 Å². The third-order valence-electron chi connectivity index (χ3n) is 3.24. The highest BCUT2D eigenvalue weighted by Gasteiger charge is 2.22. The Labute approximate surface area is 116 Å². The van der Waals surface area contributed by atoms with Gasteiger partial charge in [-0.15, -0.1) is 12.4 Å². The summed E-state index contributed by atoms with van der Waals surface area (Å²) in [6, 6.07) is 11.1. The molecular formula is C14H14ClNO3. The van der Waals surface area contributed by atoms with Crippen LogP contribution in [-0.2, 0) is 4.74 Å². The van der Waals surface area contributed by atoms with E-state index < -0.39 is 0 Å². The van der Waals surface area contributed by atoms with Crippen molar-refractivity contribution >= 4 is 29.3 Å². The highest BCUT2D eigenvalue weighted by Crippen LogP contribution is 2.32. The number of aromatic hydroxyl groups is 1. The van der Waals surface area contributed by atoms with Crippen LogP contribution in [0.4, 0.5) is 4.79 Å². The first-order valence-corrected chi connectivity index (χ1v) is 5.89. The van der Waals surface area contributed by atoms with E-state index in [-0.39, 0.29) is 30.3 Å². The van der Waals surface area contributed by atoms with E-state index in [0.29, 0.717) is 6.61 Å². The molecule has 2 aromatic rings. The fraction of sp³-hybridized carbons (Fsp3) is 0.214. The van der Waals surface area contributed by atoms with Gasteiger partial charge in [0.2, 0.25) is 0 Å². The number of phenolic OH excluding ortho intramolecular Hbond substituents is 1. The molecule has 100 valence electrons. The summed E-state index contributed by atoms with van der Waals surface area (Å²) in [6.07, 6.45) is 0.351. The van der Waals surface area contributed by atoms with Crippen LogP contribution in [-0.4, -0.2) is 17.8 Å². The second kappa shape index (κ2) is 5.36. The molecule has 1 fully saturated rings. The lowest BCUT2D eigenvalue weighted by atomic mass is 9.96. The fourth-order valence-electron chi connectivity index (χ4n) is 2.37. The molecule has 0 radical (unpaired) electrons. The third kappa shape index (κ3) is 2.44. The molecular weight excluding hydrogens is 266 g/mol. The molecule has 19 heavy (non-hydrogen) atoms. The van der Waals surface area contributed by atoms with Crippen LogP contribution >= 0.6 is 12.4 Å². The van der Waals surface area contributed by atoms with Crippen LogP contribution in [0.25, 0.3) is 10.8 Å². The van der Waals surface area contributed by atoms with Crippen LogP contribution in [0.1, 0.15) is 18.0 Å². The molecule has 0 aliphatic carbocycles. The smallest absolute Gasteiger partial charge is 0.407 e. The minimum Gasteiger partial charge on any atom is -0.507 e. The summed E-state index contributed by atoms with van der Waals surface area (Å²) in [5.74, 6) is 0.257. The molecule has 3 rings (SSSR count). The number of carbonyl (C=O) groups excluding carboxylic acids is 1. The third-order valence-corrected chi connectivity index (χ3v) is 3.24. The molecule has 0 bridgehead atoms. The van der Waals surface area contributed by atoms with Gasteiger partial charge in [-0.2, -0.15) is 0 Å². The average molecular weight is 280 g/mol. The molecule has 1 aliphatic heterocycles. The second-order valence-corrected chi connectivity index (χ2v) is 4.34. The van der Waals surface area contributed by atoms with Gasteiger partial charge in [-0.3, -0.25) is 0 Å². The van der Waals surface area contributed by atoms with Gasteiger partial charge in [0.15, 0.2) is 0 Å². The van der Waals surface area contributed by atoms with Gasteiger partial charge in [-0.1, -0.05) is 30.3 Å². The molecule has 2 N–H and O–H groups in total. The molecule has 4 nitrogen and oxygen atoms in total. The number of alkyl carbamates (subject to hydrolysis) is 1. The number of hydrogen-bond acceptors (Lipinski definition) is 3. The predicted octanol–water partition coefficient (Wildman–Crippen LogP) is 3.14. The number of benzene rings is 2. The molecule has 0 spiro atoms. The number of carbonyl (C=O) groups is 1. The largest absolute Gasteiger partial charge is 0.507 e. The van der Waals surface area contributed by atoms with Gasteiger partial charge in [0.05, 0.1) is 12.6 Å². The molecule has 5 heteroatoms. The number of nitrogens with one attached hydrogen (secondary N) is 1. The Kier molecular flexibility index (Phi) is 3.81. The zero-order valence-corrected chi connectivity index (χ0v) is 10.9. The second-order valence-electron chi connectivity index (χ2n) is 4.34. The van der Waals surface area contributed by atoms with E-state index in [0.717, 1.165) is 22.8 Å². The van der Waals surface area contributed by atoms with Crippen LogP contribution in [0.5, 0.6) is 5.75 Å². The Balaban J connectivity index is 0.00000133. The van der Waals surface area contributed by atoms with Crippen LogP contribution in [0.3, 0.4) is 0 Å². The zero-order chi connectivity index (χ0) is 12.5. The molecule has 1 heterocycles. The highest BCUT2D eigenvalue weighted by atomic mass is 35.5. The number of amides is 1. The van der Waals surface area contributed by atoms with Crippen molar-refractivity contribution in [2.75, 3.05) is 6.61 Å². The van der Waals surface area contributed by atoms with Crippen molar-refractivity contribution in [3.8, 4) is 5.75 Å². The minimum atomic E-state index is -0.386. The molecule has 1 atom stereocenters. The Morgan fingerprint density at radius 3 is 2.63 bits per heavy atom. The SMILES string of the molecule is Cl.O=C1N[C@H](c2ccc(O)c3ccccc23)CCO1. The van der Waals surface area contributed by atoms with Gasteiger partial charge >= 0.3 is 6.09 Å². The maximum Gasteiger partial charge on any atom is 0.407 e. The van der Waals surface area contributed by atoms with E-state index in [1.165, 1.54) is 0 Å². The highest BCUT2D eigenvalue weighted by molar-refractivity contribution is 5.91. The first kappa shape index (κ1) is 13.5. The van der Waals surface area contributed by atoms with Crippen molar-refractivity contribution in [3.63, 3.8) is 0 Å². The maximum absolute atomic E-state index is 11.3. The van der Waals surface area contributed by atoms with E-state index >= 15 is 0 Å². The predicted molar refractivity (Wildman–Crippen MR) is 74.7 cm³/mol. The summed E-state index contributed by atoms with van der Waals surface area (Å²) in [5.41, 5.74) is 1.01. The number of halogens is 1. The minimum absolute atomic E-state index is 0. The molecule has 0 unspecified atom stereocenters. The van der Waals surface area contributed by atoms with Crippen molar-refractivity contribution in [1.29, 1.82) is 0 Å². The maximum atomic E-state index is 11.3. The Hall–Kier alpha value is -1.94. The summed E-state index contributed by atoms with van der Waals surface area (Å²) in [4.78, 5) is 11.3. The van der Waals surface area contributed by atoms with E-state index in [1.54, 1.807) is 6.07 Å². The lowest BCUT2D eigenvalue weighted by molar-refractivity contribution is 0.116. The number of phenols is 1. The topological polar surface area (TPSA) is 58.6 Å². The van der Waals surface area contributed by atoms with Gasteiger partial charge in [-0.25, -0.2) is 4.79 Å². The summed E-state index contributed by atoms with van der Waals surface area (Å²) in [5, 5.41) is 14.4. The zero-order valence-electron chi connectivity index (χ0n) is 10.1. The van der Waals surface area contributed by atoms with Crippen LogP contribution in [0.2, 0.25) is 0 Å². The summed E-state index contributed by atoms with van der Waals surface area (Å²) in [6.45, 7) is 0.422. The van der Waals surface area contributed by atoms with Crippen molar-refractivity contribution in [3.05, 3.63) is 42.0 Å². The van der Waals surface area contributed by atoms with Crippen LogP contribution in [0, 0.1) is 0 Å². The number of fused-ring (bicyclic) bond motifs is 1. The summed E-state index contributed by atoms with van der Waals surface area (Å²) in [7, 11) is 0. The van der Waals surface area contributed by atoms with Gasteiger partial charge in [-0.05, 0) is 17.0 Å². The Morgan fingerprint density at radius 1 is 1.16 bits per heavy atom. The van der Waals surface area contributed by atoms with Crippen molar-refractivity contribution in [2.24, 2.45) is 0 Å². The summed E-state index contributed by atoms with van der Waals surface area (Å²) >= 11 is 0. The first-order valence-electron chi connectivity index (χ1n) is 5.89. The monoisotopic (exact) mass is 279 g/mol. The average Bonchev–Trinajstić information content (AvgIpc) is 2.39. The van der Waals surface area contributed by atoms with Gasteiger partial charge < -0.3 is 15.2 Å². The molecule has 1 amide bonds. The van der Waals surface area contributed by atoms with Crippen LogP contribution < -0.4 is 5.32 Å². The van der Waals surface area contributed by atoms with E-state index in [1.807, 2.05) is 30.3 Å². The summed E-state index contributed by atoms with van der Waals surface area (Å²) < 4.78 is 4.87. The lowest BCUT2D eigenvalue weighted by Gasteiger charge is -2.25. The molecule has 1 aliphatic rings. The van der Waals surface area contributed by atoms with Crippen molar-refractivity contribution in [2.45, 2.75) is 12.5 Å². The Bertz CT molecular complexity index is 615. The van der Waals surface area contributed by atoms with Crippen LogP contribution in [0.15, 0.2) is 36.4 Å². The lowest BCUT2D eigenvalue weighted by Crippen LogP contribution is -2.35. The number of hydrogen-bond donors (Lipinski definition) is 2. The first-order chi connectivity index (χ1) is 8.75. The van der Waals surface area contributed by atoms with Crippen molar-refractivity contribution < 1.29 is 14.6 Å². The molecule has 0 aromatic heterocycles.